The summed E-state index contributed by atoms with van der Waals surface area (Å²) in [4.78, 5) is 2.01. The first kappa shape index (κ1) is 15.0. The zero-order chi connectivity index (χ0) is 14.5. The Bertz CT molecular complexity index is 541. The fraction of sp³-hybridized carbons (Fsp3) is 0.250. The lowest BCUT2D eigenvalue weighted by molar-refractivity contribution is 0.124. The lowest BCUT2D eigenvalue weighted by atomic mass is 10.1. The maximum Gasteiger partial charge on any atom is 0.123 e. The van der Waals surface area contributed by atoms with Crippen molar-refractivity contribution in [2.45, 2.75) is 12.6 Å². The van der Waals surface area contributed by atoms with Crippen molar-refractivity contribution in [2.24, 2.45) is 0 Å². The van der Waals surface area contributed by atoms with Gasteiger partial charge in [-0.3, -0.25) is 4.90 Å². The number of likely N-dealkylation sites (N-methyl/N-ethyl adjacent to an activating group) is 1. The predicted molar refractivity (Wildman–Crippen MR) is 79.1 cm³/mol. The summed E-state index contributed by atoms with van der Waals surface area (Å²) in [5.74, 6) is -0.296. The number of halogens is 2. The molecule has 0 heterocycles. The second-order valence-electron chi connectivity index (χ2n) is 4.89. The van der Waals surface area contributed by atoms with Gasteiger partial charge in [0.2, 0.25) is 0 Å². The Labute approximate surface area is 123 Å². The quantitative estimate of drug-likeness (QED) is 0.910. The van der Waals surface area contributed by atoms with Gasteiger partial charge in [-0.05, 0) is 42.4 Å². The molecule has 1 atom stereocenters. The number of aliphatic hydroxyl groups is 1. The van der Waals surface area contributed by atoms with E-state index in [1.54, 1.807) is 12.1 Å². The molecule has 0 saturated carbocycles. The minimum Gasteiger partial charge on any atom is -0.387 e. The first-order valence-corrected chi connectivity index (χ1v) is 6.79. The molecule has 0 unspecified atom stereocenters. The lowest BCUT2D eigenvalue weighted by Crippen LogP contribution is -2.24. The molecule has 0 aliphatic rings. The molecule has 4 heteroatoms. The third-order valence-corrected chi connectivity index (χ3v) is 3.36. The van der Waals surface area contributed by atoms with Gasteiger partial charge in [0.25, 0.3) is 0 Å². The van der Waals surface area contributed by atoms with E-state index >= 15 is 0 Å². The Balaban J connectivity index is 1.92. The summed E-state index contributed by atoms with van der Waals surface area (Å²) >= 11 is 5.84. The van der Waals surface area contributed by atoms with Crippen molar-refractivity contribution in [1.29, 1.82) is 0 Å². The summed E-state index contributed by atoms with van der Waals surface area (Å²) in [6.45, 7) is 1.20. The molecule has 2 nitrogen and oxygen atoms in total. The van der Waals surface area contributed by atoms with E-state index in [0.717, 1.165) is 12.1 Å². The largest absolute Gasteiger partial charge is 0.387 e. The first-order valence-electron chi connectivity index (χ1n) is 6.41. The van der Waals surface area contributed by atoms with Crippen LogP contribution in [0.3, 0.4) is 0 Å². The van der Waals surface area contributed by atoms with Crippen LogP contribution in [-0.2, 0) is 6.54 Å². The molecule has 106 valence electrons. The lowest BCUT2D eigenvalue weighted by Gasteiger charge is -2.21. The van der Waals surface area contributed by atoms with E-state index in [-0.39, 0.29) is 5.82 Å². The van der Waals surface area contributed by atoms with Gasteiger partial charge in [-0.2, -0.15) is 0 Å². The zero-order valence-electron chi connectivity index (χ0n) is 11.3. The topological polar surface area (TPSA) is 23.5 Å². The van der Waals surface area contributed by atoms with Crippen molar-refractivity contribution in [1.82, 2.24) is 4.90 Å². The Kier molecular flexibility index (Phi) is 5.12. The zero-order valence-corrected chi connectivity index (χ0v) is 12.0. The molecule has 0 saturated heterocycles. The van der Waals surface area contributed by atoms with Crippen molar-refractivity contribution in [3.8, 4) is 0 Å². The van der Waals surface area contributed by atoms with E-state index in [4.69, 9.17) is 11.6 Å². The Hall–Kier alpha value is -1.42. The fourth-order valence-electron chi connectivity index (χ4n) is 2.05. The first-order chi connectivity index (χ1) is 9.54. The molecule has 0 radical (unpaired) electrons. The van der Waals surface area contributed by atoms with E-state index < -0.39 is 6.10 Å². The smallest absolute Gasteiger partial charge is 0.123 e. The molecular formula is C16H17ClFNO. The molecule has 2 rings (SSSR count). The molecule has 0 aliphatic heterocycles. The van der Waals surface area contributed by atoms with Crippen LogP contribution in [0.1, 0.15) is 17.2 Å². The fourth-order valence-corrected chi connectivity index (χ4v) is 2.18. The Morgan fingerprint density at radius 2 is 1.70 bits per heavy atom. The van der Waals surface area contributed by atoms with E-state index in [1.807, 2.05) is 36.2 Å². The normalized spacial score (nSPS) is 12.7. The van der Waals surface area contributed by atoms with E-state index in [1.165, 1.54) is 12.1 Å². The highest BCUT2D eigenvalue weighted by atomic mass is 35.5. The maximum absolute atomic E-state index is 12.8. The molecule has 0 bridgehead atoms. The molecule has 0 aliphatic carbocycles. The van der Waals surface area contributed by atoms with Crippen molar-refractivity contribution in [3.63, 3.8) is 0 Å². The van der Waals surface area contributed by atoms with E-state index in [0.29, 0.717) is 17.1 Å². The average Bonchev–Trinajstić information content (AvgIpc) is 2.42. The molecule has 0 spiro atoms. The van der Waals surface area contributed by atoms with Crippen LogP contribution in [0.15, 0.2) is 48.5 Å². The van der Waals surface area contributed by atoms with Crippen LogP contribution in [0.2, 0.25) is 5.02 Å². The number of aliphatic hydroxyl groups excluding tert-OH is 1. The number of benzene rings is 2. The van der Waals surface area contributed by atoms with Gasteiger partial charge in [-0.15, -0.1) is 0 Å². The van der Waals surface area contributed by atoms with Crippen LogP contribution in [0.5, 0.6) is 0 Å². The van der Waals surface area contributed by atoms with Crippen LogP contribution in [0.25, 0.3) is 0 Å². The van der Waals surface area contributed by atoms with Crippen molar-refractivity contribution < 1.29 is 9.50 Å². The molecule has 0 fully saturated rings. The van der Waals surface area contributed by atoms with Gasteiger partial charge in [0.1, 0.15) is 5.82 Å². The average molecular weight is 294 g/mol. The van der Waals surface area contributed by atoms with Crippen molar-refractivity contribution in [2.75, 3.05) is 13.6 Å². The third kappa shape index (κ3) is 4.30. The summed E-state index contributed by atoms with van der Waals surface area (Å²) in [6, 6.07) is 13.6. The van der Waals surface area contributed by atoms with Crippen LogP contribution in [0.4, 0.5) is 4.39 Å². The number of rotatable bonds is 5. The second-order valence-corrected chi connectivity index (χ2v) is 5.33. The molecule has 1 N–H and O–H groups in total. The van der Waals surface area contributed by atoms with E-state index in [2.05, 4.69) is 0 Å². The van der Waals surface area contributed by atoms with Gasteiger partial charge in [-0.1, -0.05) is 35.9 Å². The predicted octanol–water partition coefficient (Wildman–Crippen LogP) is 3.64. The minimum atomic E-state index is -0.632. The van der Waals surface area contributed by atoms with Crippen molar-refractivity contribution >= 4 is 11.6 Å². The molecular weight excluding hydrogens is 277 g/mol. The molecule has 20 heavy (non-hydrogen) atoms. The van der Waals surface area contributed by atoms with Crippen LogP contribution >= 0.6 is 11.6 Å². The number of nitrogens with zero attached hydrogens (tertiary/aromatic N) is 1. The van der Waals surface area contributed by atoms with Gasteiger partial charge >= 0.3 is 0 Å². The molecule has 2 aromatic rings. The minimum absolute atomic E-state index is 0.296. The summed E-state index contributed by atoms with van der Waals surface area (Å²) in [7, 11) is 1.93. The molecule has 0 aromatic heterocycles. The van der Waals surface area contributed by atoms with Gasteiger partial charge in [0.05, 0.1) is 6.10 Å². The summed E-state index contributed by atoms with van der Waals surface area (Å²) < 4.78 is 12.8. The van der Waals surface area contributed by atoms with Gasteiger partial charge in [-0.25, -0.2) is 4.39 Å². The Morgan fingerprint density at radius 1 is 1.10 bits per heavy atom. The highest BCUT2D eigenvalue weighted by Gasteiger charge is 2.11. The third-order valence-electron chi connectivity index (χ3n) is 3.11. The Morgan fingerprint density at radius 3 is 2.30 bits per heavy atom. The monoisotopic (exact) mass is 293 g/mol. The summed E-state index contributed by atoms with van der Waals surface area (Å²) in [5.41, 5.74) is 1.84. The highest BCUT2D eigenvalue weighted by Crippen LogP contribution is 2.16. The van der Waals surface area contributed by atoms with Crippen LogP contribution < -0.4 is 0 Å². The van der Waals surface area contributed by atoms with Crippen LogP contribution in [0, 0.1) is 5.82 Å². The second kappa shape index (κ2) is 6.84. The van der Waals surface area contributed by atoms with E-state index in [9.17, 15) is 9.50 Å². The van der Waals surface area contributed by atoms with Gasteiger partial charge < -0.3 is 5.11 Å². The van der Waals surface area contributed by atoms with Crippen LogP contribution in [-0.4, -0.2) is 23.6 Å². The highest BCUT2D eigenvalue weighted by molar-refractivity contribution is 6.30. The summed E-state index contributed by atoms with van der Waals surface area (Å²) in [5, 5.41) is 10.8. The van der Waals surface area contributed by atoms with Gasteiger partial charge in [0, 0.05) is 18.1 Å². The number of hydrogen-bond acceptors (Lipinski definition) is 2. The van der Waals surface area contributed by atoms with Crippen molar-refractivity contribution in [3.05, 3.63) is 70.5 Å². The van der Waals surface area contributed by atoms with Gasteiger partial charge in [0.15, 0.2) is 0 Å². The SMILES string of the molecule is CN(Cc1ccc(Cl)cc1)C[C@H](O)c1ccc(F)cc1. The molecule has 0 amide bonds. The molecule has 2 aromatic carbocycles. The standard InChI is InChI=1S/C16H17ClFNO/c1-19(10-12-2-6-14(17)7-3-12)11-16(20)13-4-8-15(18)9-5-13/h2-9,16,20H,10-11H2,1H3/t16-/m0/s1. The summed E-state index contributed by atoms with van der Waals surface area (Å²) in [6.07, 6.45) is -0.632. The number of hydrogen-bond donors (Lipinski definition) is 1. The maximum atomic E-state index is 12.8.